The van der Waals surface area contributed by atoms with Crippen LogP contribution in [0, 0.1) is 0 Å². The van der Waals surface area contributed by atoms with Crippen LogP contribution in [0.25, 0.3) is 42.2 Å². The zero-order valence-corrected chi connectivity index (χ0v) is 45.2. The van der Waals surface area contributed by atoms with Gasteiger partial charge in [-0.1, -0.05) is 214 Å². The predicted octanol–water partition coefficient (Wildman–Crippen LogP) is 21.1. The summed E-state index contributed by atoms with van der Waals surface area (Å²) in [7, 11) is -5.97. The van der Waals surface area contributed by atoms with Crippen molar-refractivity contribution in [1.82, 2.24) is 0 Å². The van der Waals surface area contributed by atoms with Gasteiger partial charge in [0.15, 0.2) is 0 Å². The molecule has 6 aromatic rings. The third kappa shape index (κ3) is 20.3. The van der Waals surface area contributed by atoms with Crippen LogP contribution in [0.4, 0.5) is 28.6 Å². The summed E-state index contributed by atoms with van der Waals surface area (Å²) in [6.07, 6.45) is 33.2. The molecule has 0 saturated heterocycles. The lowest BCUT2D eigenvalue weighted by Gasteiger charge is -2.08. The number of para-hydroxylation sites is 2. The molecule has 0 spiro atoms. The number of nitrogens with zero attached hydrogens (tertiary/aromatic N) is 2. The third-order valence-electron chi connectivity index (χ3n) is 13.2. The smallest absolute Gasteiger partial charge is 0.505 e. The normalized spacial score (nSPS) is 12.1. The average molecular weight is 1040 g/mol. The molecule has 6 rings (SSSR count). The van der Waals surface area contributed by atoms with E-state index in [1.165, 1.54) is 161 Å². The Bertz CT molecular complexity index is 2430. The Labute approximate surface area is 448 Å². The molecule has 0 amide bonds. The molecule has 2 aromatic heterocycles. The van der Waals surface area contributed by atoms with Crippen molar-refractivity contribution in [3.63, 3.8) is 0 Å². The first-order valence-electron chi connectivity index (χ1n) is 27.3. The minimum Gasteiger partial charge on any atom is -0.505 e. The number of aliphatic imine (C=N–C) groups is 2. The summed E-state index contributed by atoms with van der Waals surface area (Å²) in [5, 5.41) is 0. The van der Waals surface area contributed by atoms with E-state index < -0.39 is 14.9 Å². The number of halogens is 4. The van der Waals surface area contributed by atoms with Crippen LogP contribution in [0.15, 0.2) is 143 Å². The van der Waals surface area contributed by atoms with Gasteiger partial charge < -0.3 is 9.31 Å². The van der Waals surface area contributed by atoms with Gasteiger partial charge in [-0.2, -0.15) is 0 Å². The number of allylic oxidation sites excluding steroid dienone is 2. The summed E-state index contributed by atoms with van der Waals surface area (Å²) in [6, 6.07) is 38.7. The maximum atomic E-state index is 13.7. The van der Waals surface area contributed by atoms with Gasteiger partial charge in [-0.05, 0) is 96.5 Å². The third-order valence-corrected chi connectivity index (χ3v) is 15.8. The maximum Gasteiger partial charge on any atom is 0.796 e. The van der Waals surface area contributed by atoms with Gasteiger partial charge in [0.05, 0.1) is 11.4 Å². The topological polar surface area (TPSA) is 43.2 Å². The average Bonchev–Trinajstić information content (AvgIpc) is 4.04. The Morgan fingerprint density at radius 2 is 0.757 bits per heavy atom. The standard InChI is InChI=1S/C62H74B2F4N2O2S2/c1-3-5-7-9-11-13-15-17-19-23-29-53-47-59(51-39-35-49(36-40-51)57(71-63(65)66)43-45-69-55-31-25-21-26-32-55)73-61(53)62-54(30-24-20-18-16-14-12-10-8-6-4-2)48-60(74-62)52-41-37-50(38-42-52)58(72-64(67)68)44-46-70-56-33-27-22-28-34-56/h21-22,25-28,31-48H,3-20,23-24,29-30H2,1-2H3/b57-43-,58-44-,69-45?,70-46?. The van der Waals surface area contributed by atoms with Crippen molar-refractivity contribution in [2.24, 2.45) is 9.98 Å². The largest absolute Gasteiger partial charge is 0.796 e. The summed E-state index contributed by atoms with van der Waals surface area (Å²) < 4.78 is 64.8. The lowest BCUT2D eigenvalue weighted by atomic mass is 10.00. The Balaban J connectivity index is 1.29. The van der Waals surface area contributed by atoms with Crippen molar-refractivity contribution in [3.05, 3.63) is 156 Å². The van der Waals surface area contributed by atoms with Gasteiger partial charge in [0, 0.05) is 43.1 Å². The summed E-state index contributed by atoms with van der Waals surface area (Å²) in [6.45, 7) is 4.53. The molecule has 0 aliphatic heterocycles. The minimum atomic E-state index is -2.98. The SMILES string of the molecule is CCCCCCCCCCCCc1cc(-c2ccc(/C(=C/C=Nc3ccccc3)OB(F)F)cc2)sc1-c1sc(-c2ccc(/C(=C/C=Nc3ccccc3)OB(F)F)cc2)cc1CCCCCCCCCCCC. The molecule has 0 unspecified atom stereocenters. The van der Waals surface area contributed by atoms with E-state index in [0.717, 1.165) is 46.6 Å². The summed E-state index contributed by atoms with van der Waals surface area (Å²) in [4.78, 5) is 13.6. The molecule has 4 nitrogen and oxygen atoms in total. The fraction of sp³-hybridized carbons (Fsp3) is 0.387. The van der Waals surface area contributed by atoms with Gasteiger partial charge in [-0.15, -0.1) is 22.7 Å². The number of hydrogen-bond acceptors (Lipinski definition) is 6. The van der Waals surface area contributed by atoms with E-state index in [2.05, 4.69) is 36.0 Å². The predicted molar refractivity (Wildman–Crippen MR) is 313 cm³/mol. The van der Waals surface area contributed by atoms with Gasteiger partial charge in [0.2, 0.25) is 0 Å². The van der Waals surface area contributed by atoms with Gasteiger partial charge in [0.25, 0.3) is 0 Å². The van der Waals surface area contributed by atoms with Crippen molar-refractivity contribution < 1.29 is 26.6 Å². The fourth-order valence-electron chi connectivity index (χ4n) is 9.11. The molecule has 4 aromatic carbocycles. The number of benzene rings is 4. The van der Waals surface area contributed by atoms with Crippen LogP contribution in [0.5, 0.6) is 0 Å². The molecule has 74 heavy (non-hydrogen) atoms. The lowest BCUT2D eigenvalue weighted by molar-refractivity contribution is 0.395. The highest BCUT2D eigenvalue weighted by atomic mass is 32.1. The van der Waals surface area contributed by atoms with Crippen molar-refractivity contribution >= 4 is 72.9 Å². The minimum absolute atomic E-state index is 0.0428. The molecule has 0 aliphatic carbocycles. The highest BCUT2D eigenvalue weighted by Crippen LogP contribution is 2.47. The first-order valence-corrected chi connectivity index (χ1v) is 28.9. The maximum absolute atomic E-state index is 13.7. The van der Waals surface area contributed by atoms with Gasteiger partial charge in [-0.25, -0.2) is 17.3 Å². The lowest BCUT2D eigenvalue weighted by Crippen LogP contribution is -2.04. The van der Waals surface area contributed by atoms with Crippen LogP contribution < -0.4 is 0 Å². The van der Waals surface area contributed by atoms with E-state index >= 15 is 0 Å². The molecule has 2 heterocycles. The first-order chi connectivity index (χ1) is 36.3. The number of unbranched alkanes of at least 4 members (excludes halogenated alkanes) is 18. The first kappa shape index (κ1) is 57.8. The second kappa shape index (κ2) is 33.5. The Kier molecular flexibility index (Phi) is 26.1. The van der Waals surface area contributed by atoms with Crippen LogP contribution in [0.2, 0.25) is 0 Å². The molecule has 0 radical (unpaired) electrons. The highest BCUT2D eigenvalue weighted by Gasteiger charge is 2.23. The molecule has 0 N–H and O–H groups in total. The molecule has 0 aliphatic rings. The molecular weight excluding hydrogens is 966 g/mol. The number of rotatable bonds is 35. The monoisotopic (exact) mass is 1040 g/mol. The van der Waals surface area contributed by atoms with Gasteiger partial charge >= 0.3 is 14.9 Å². The summed E-state index contributed by atoms with van der Waals surface area (Å²) in [5.41, 5.74) is 7.18. The molecule has 0 bridgehead atoms. The number of thiophene rings is 2. The molecule has 12 heteroatoms. The zero-order valence-electron chi connectivity index (χ0n) is 43.6. The summed E-state index contributed by atoms with van der Waals surface area (Å²) in [5.74, 6) is 0.0856. The van der Waals surface area contributed by atoms with Gasteiger partial charge in [-0.3, -0.25) is 9.98 Å². The van der Waals surface area contributed by atoms with Crippen LogP contribution in [0.1, 0.15) is 165 Å². The molecule has 0 saturated carbocycles. The highest BCUT2D eigenvalue weighted by molar-refractivity contribution is 7.25. The molecule has 390 valence electrons. The Hall–Kier alpha value is -5.45. The van der Waals surface area contributed by atoms with Crippen LogP contribution >= 0.6 is 22.7 Å². The van der Waals surface area contributed by atoms with E-state index in [9.17, 15) is 17.3 Å². The van der Waals surface area contributed by atoms with Crippen molar-refractivity contribution in [2.75, 3.05) is 0 Å². The van der Waals surface area contributed by atoms with Gasteiger partial charge in [0.1, 0.15) is 11.5 Å². The zero-order chi connectivity index (χ0) is 52.0. The van der Waals surface area contributed by atoms with Crippen LogP contribution in [0.3, 0.4) is 0 Å². The van der Waals surface area contributed by atoms with Crippen LogP contribution in [-0.4, -0.2) is 27.4 Å². The fourth-order valence-corrected chi connectivity index (χ4v) is 11.7. The second-order valence-corrected chi connectivity index (χ2v) is 21.1. The number of hydrogen-bond donors (Lipinski definition) is 0. The molecule has 0 fully saturated rings. The molecule has 0 atom stereocenters. The van der Waals surface area contributed by atoms with Crippen molar-refractivity contribution in [3.8, 4) is 30.6 Å². The summed E-state index contributed by atoms with van der Waals surface area (Å²) >= 11 is 3.60. The van der Waals surface area contributed by atoms with E-state index in [4.69, 9.17) is 9.31 Å². The Morgan fingerprint density at radius 3 is 1.08 bits per heavy atom. The van der Waals surface area contributed by atoms with E-state index in [0.29, 0.717) is 22.5 Å². The quantitative estimate of drug-likeness (QED) is 0.0131. The molecular formula is C62H74B2F4N2O2S2. The Morgan fingerprint density at radius 1 is 0.432 bits per heavy atom. The number of aryl methyl sites for hydroxylation is 2. The van der Waals surface area contributed by atoms with Crippen molar-refractivity contribution in [2.45, 2.75) is 155 Å². The second-order valence-electron chi connectivity index (χ2n) is 19.0. The van der Waals surface area contributed by atoms with Crippen molar-refractivity contribution in [1.29, 1.82) is 0 Å². The van der Waals surface area contributed by atoms with E-state index in [1.54, 1.807) is 22.7 Å². The van der Waals surface area contributed by atoms with E-state index in [-0.39, 0.29) is 11.5 Å². The van der Waals surface area contributed by atoms with Crippen LogP contribution in [-0.2, 0) is 22.2 Å². The van der Waals surface area contributed by atoms with E-state index in [1.807, 2.05) is 109 Å².